The van der Waals surface area contributed by atoms with Crippen LogP contribution in [0.1, 0.15) is 13.3 Å². The second kappa shape index (κ2) is 6.00. The minimum atomic E-state index is -0.950. The molecule has 0 radical (unpaired) electrons. The van der Waals surface area contributed by atoms with E-state index in [2.05, 4.69) is 0 Å². The van der Waals surface area contributed by atoms with Crippen LogP contribution >= 0.6 is 0 Å². The molecule has 1 saturated heterocycles. The lowest BCUT2D eigenvalue weighted by atomic mass is 9.90. The molecule has 1 atom stereocenters. The Balaban J connectivity index is 1.97. The number of amides is 1. The molecular formula is C14H16N2O6. The van der Waals surface area contributed by atoms with Crippen LogP contribution in [0.2, 0.25) is 0 Å². The number of hydrogen-bond acceptors (Lipinski definition) is 5. The molecule has 22 heavy (non-hydrogen) atoms. The molecule has 2 rings (SSSR count). The van der Waals surface area contributed by atoms with Crippen molar-refractivity contribution in [3.05, 3.63) is 34.4 Å². The quantitative estimate of drug-likeness (QED) is 0.648. The highest BCUT2D eigenvalue weighted by molar-refractivity contribution is 5.81. The number of carbonyl (C=O) groups excluding carboxylic acids is 1. The smallest absolute Gasteiger partial charge is 0.311 e. The first-order valence-corrected chi connectivity index (χ1v) is 6.71. The first-order valence-electron chi connectivity index (χ1n) is 6.71. The van der Waals surface area contributed by atoms with Crippen LogP contribution in [0, 0.1) is 15.5 Å². The van der Waals surface area contributed by atoms with Crippen LogP contribution in [-0.2, 0) is 9.59 Å². The molecular weight excluding hydrogens is 292 g/mol. The molecule has 1 aliphatic rings. The lowest BCUT2D eigenvalue weighted by Gasteiger charge is -2.20. The van der Waals surface area contributed by atoms with Crippen molar-refractivity contribution < 1.29 is 24.4 Å². The summed E-state index contributed by atoms with van der Waals surface area (Å²) >= 11 is 0. The summed E-state index contributed by atoms with van der Waals surface area (Å²) in [6, 6.07) is 5.78. The average Bonchev–Trinajstić information content (AvgIpc) is 2.89. The normalized spacial score (nSPS) is 20.7. The van der Waals surface area contributed by atoms with E-state index in [1.165, 1.54) is 23.1 Å². The Hall–Kier alpha value is -2.64. The van der Waals surface area contributed by atoms with Crippen molar-refractivity contribution in [2.75, 3.05) is 19.7 Å². The highest BCUT2D eigenvalue weighted by atomic mass is 16.6. The van der Waals surface area contributed by atoms with Gasteiger partial charge in [0.25, 0.3) is 5.91 Å². The molecule has 0 saturated carbocycles. The lowest BCUT2D eigenvalue weighted by molar-refractivity contribution is -0.385. The molecule has 8 heteroatoms. The highest BCUT2D eigenvalue weighted by Crippen LogP contribution is 2.30. The maximum Gasteiger partial charge on any atom is 0.311 e. The van der Waals surface area contributed by atoms with Gasteiger partial charge >= 0.3 is 11.7 Å². The zero-order valence-electron chi connectivity index (χ0n) is 12.0. The Labute approximate surface area is 126 Å². The van der Waals surface area contributed by atoms with Gasteiger partial charge < -0.3 is 14.7 Å². The molecule has 0 bridgehead atoms. The maximum atomic E-state index is 12.0. The molecule has 1 aromatic rings. The predicted molar refractivity (Wildman–Crippen MR) is 75.5 cm³/mol. The van der Waals surface area contributed by atoms with Crippen molar-refractivity contribution in [1.82, 2.24) is 4.90 Å². The van der Waals surface area contributed by atoms with Gasteiger partial charge in [-0.25, -0.2) is 0 Å². The van der Waals surface area contributed by atoms with E-state index in [4.69, 9.17) is 9.84 Å². The Morgan fingerprint density at radius 3 is 2.73 bits per heavy atom. The predicted octanol–water partition coefficient (Wildman–Crippen LogP) is 1.30. The lowest BCUT2D eigenvalue weighted by Crippen LogP contribution is -2.37. The second-order valence-electron chi connectivity index (χ2n) is 5.44. The number of nitro groups is 1. The molecule has 0 aromatic heterocycles. The van der Waals surface area contributed by atoms with Crippen LogP contribution in [0.15, 0.2) is 24.3 Å². The number of benzene rings is 1. The molecule has 1 aromatic carbocycles. The second-order valence-corrected chi connectivity index (χ2v) is 5.44. The van der Waals surface area contributed by atoms with Crippen molar-refractivity contribution in [3.63, 3.8) is 0 Å². The van der Waals surface area contributed by atoms with E-state index >= 15 is 0 Å². The molecule has 1 aliphatic heterocycles. The number of hydrogen-bond donors (Lipinski definition) is 1. The van der Waals surface area contributed by atoms with E-state index in [0.717, 1.165) is 0 Å². The number of rotatable bonds is 5. The van der Waals surface area contributed by atoms with E-state index in [1.54, 1.807) is 13.0 Å². The highest BCUT2D eigenvalue weighted by Gasteiger charge is 2.42. The van der Waals surface area contributed by atoms with Crippen LogP contribution in [0.5, 0.6) is 5.75 Å². The third-order valence-corrected chi connectivity index (χ3v) is 3.76. The van der Waals surface area contributed by atoms with Gasteiger partial charge in [0, 0.05) is 19.2 Å². The summed E-state index contributed by atoms with van der Waals surface area (Å²) in [6.45, 7) is 1.68. The van der Waals surface area contributed by atoms with Gasteiger partial charge in [0.05, 0.1) is 10.3 Å². The molecule has 1 N–H and O–H groups in total. The third-order valence-electron chi connectivity index (χ3n) is 3.76. The van der Waals surface area contributed by atoms with Gasteiger partial charge in [0.2, 0.25) is 0 Å². The van der Waals surface area contributed by atoms with Crippen LogP contribution in [0.25, 0.3) is 0 Å². The number of para-hydroxylation sites is 2. The monoisotopic (exact) mass is 308 g/mol. The zero-order chi connectivity index (χ0) is 16.3. The Morgan fingerprint density at radius 1 is 1.45 bits per heavy atom. The van der Waals surface area contributed by atoms with Gasteiger partial charge in [-0.2, -0.15) is 0 Å². The number of aliphatic carboxylic acids is 1. The van der Waals surface area contributed by atoms with Gasteiger partial charge in [-0.15, -0.1) is 0 Å². The fourth-order valence-electron chi connectivity index (χ4n) is 2.31. The van der Waals surface area contributed by atoms with Crippen molar-refractivity contribution in [1.29, 1.82) is 0 Å². The van der Waals surface area contributed by atoms with Crippen LogP contribution in [0.4, 0.5) is 5.69 Å². The summed E-state index contributed by atoms with van der Waals surface area (Å²) in [5.74, 6) is -1.31. The molecule has 118 valence electrons. The molecule has 1 fully saturated rings. The van der Waals surface area contributed by atoms with Crippen molar-refractivity contribution >= 4 is 17.6 Å². The first kappa shape index (κ1) is 15.7. The number of ether oxygens (including phenoxy) is 1. The van der Waals surface area contributed by atoms with Crippen molar-refractivity contribution in [3.8, 4) is 5.75 Å². The van der Waals surface area contributed by atoms with Gasteiger partial charge in [-0.1, -0.05) is 12.1 Å². The minimum Gasteiger partial charge on any atom is -0.481 e. The SMILES string of the molecule is CC1(C(=O)O)CCN(C(=O)COc2ccccc2[N+](=O)[O-])C1. The van der Waals surface area contributed by atoms with Gasteiger partial charge in [-0.3, -0.25) is 19.7 Å². The van der Waals surface area contributed by atoms with Gasteiger partial charge in [0.15, 0.2) is 12.4 Å². The summed E-state index contributed by atoms with van der Waals surface area (Å²) in [6.07, 6.45) is 0.375. The molecule has 8 nitrogen and oxygen atoms in total. The fraction of sp³-hybridized carbons (Fsp3) is 0.429. The summed E-state index contributed by atoms with van der Waals surface area (Å²) in [5, 5.41) is 20.0. The summed E-state index contributed by atoms with van der Waals surface area (Å²) in [5.41, 5.74) is -1.17. The van der Waals surface area contributed by atoms with Gasteiger partial charge in [0.1, 0.15) is 0 Å². The van der Waals surface area contributed by atoms with Crippen molar-refractivity contribution in [2.24, 2.45) is 5.41 Å². The molecule has 1 amide bonds. The van der Waals surface area contributed by atoms with Crippen LogP contribution in [-0.4, -0.2) is 46.5 Å². The number of likely N-dealkylation sites (tertiary alicyclic amines) is 1. The molecule has 1 heterocycles. The Bertz CT molecular complexity index is 617. The number of carboxylic acid groups (broad SMARTS) is 1. The summed E-state index contributed by atoms with van der Waals surface area (Å²) in [4.78, 5) is 34.9. The van der Waals surface area contributed by atoms with E-state index in [1.807, 2.05) is 0 Å². The van der Waals surface area contributed by atoms with E-state index in [-0.39, 0.29) is 30.5 Å². The van der Waals surface area contributed by atoms with E-state index in [0.29, 0.717) is 13.0 Å². The molecule has 1 unspecified atom stereocenters. The fourth-order valence-corrected chi connectivity index (χ4v) is 2.31. The molecule has 0 spiro atoms. The number of nitro benzene ring substituents is 1. The summed E-state index contributed by atoms with van der Waals surface area (Å²) in [7, 11) is 0. The largest absolute Gasteiger partial charge is 0.481 e. The van der Waals surface area contributed by atoms with Crippen LogP contribution < -0.4 is 4.74 Å². The van der Waals surface area contributed by atoms with Gasteiger partial charge in [-0.05, 0) is 19.4 Å². The molecule has 0 aliphatic carbocycles. The third kappa shape index (κ3) is 3.16. The minimum absolute atomic E-state index is 0.0149. The Kier molecular flexibility index (Phi) is 4.30. The Morgan fingerprint density at radius 2 is 2.14 bits per heavy atom. The standard InChI is InChI=1S/C14H16N2O6/c1-14(13(18)19)6-7-15(9-14)12(17)8-22-11-5-3-2-4-10(11)16(20)21/h2-5H,6-9H2,1H3,(H,18,19). The number of carbonyl (C=O) groups is 2. The van der Waals surface area contributed by atoms with E-state index in [9.17, 15) is 19.7 Å². The van der Waals surface area contributed by atoms with E-state index < -0.39 is 16.3 Å². The maximum absolute atomic E-state index is 12.0. The zero-order valence-corrected chi connectivity index (χ0v) is 12.0. The topological polar surface area (TPSA) is 110 Å². The van der Waals surface area contributed by atoms with Crippen molar-refractivity contribution in [2.45, 2.75) is 13.3 Å². The summed E-state index contributed by atoms with van der Waals surface area (Å²) < 4.78 is 5.22. The number of carboxylic acids is 1. The first-order chi connectivity index (χ1) is 10.3. The average molecular weight is 308 g/mol. The van der Waals surface area contributed by atoms with Crippen LogP contribution in [0.3, 0.4) is 0 Å². The number of nitrogens with zero attached hydrogens (tertiary/aromatic N) is 2.